The minimum absolute atomic E-state index is 0.106. The molecule has 1 saturated carbocycles. The van der Waals surface area contributed by atoms with Crippen molar-refractivity contribution in [1.82, 2.24) is 15.5 Å². The lowest BCUT2D eigenvalue weighted by Gasteiger charge is -2.14. The second-order valence-corrected chi connectivity index (χ2v) is 6.68. The summed E-state index contributed by atoms with van der Waals surface area (Å²) in [5, 5.41) is 5.72. The van der Waals surface area contributed by atoms with Gasteiger partial charge >= 0.3 is 6.03 Å². The number of nitrogens with one attached hydrogen (secondary N) is 2. The molecule has 1 aliphatic rings. The highest BCUT2D eigenvalue weighted by atomic mass is 35.5. The molecule has 0 unspecified atom stereocenters. The lowest BCUT2D eigenvalue weighted by Crippen LogP contribution is -2.44. The van der Waals surface area contributed by atoms with Crippen molar-refractivity contribution in [3.8, 4) is 11.3 Å². The molecule has 6 nitrogen and oxygen atoms in total. The summed E-state index contributed by atoms with van der Waals surface area (Å²) in [6.07, 6.45) is 1.96. The summed E-state index contributed by atoms with van der Waals surface area (Å²) in [5.74, 6) is 1.14. The topological polar surface area (TPSA) is 74.6 Å². The van der Waals surface area contributed by atoms with Crippen LogP contribution in [0.15, 0.2) is 40.8 Å². The number of carbonyl (C=O) groups is 2. The monoisotopic (exact) mass is 361 g/mol. The van der Waals surface area contributed by atoms with E-state index in [0.717, 1.165) is 29.9 Å². The summed E-state index contributed by atoms with van der Waals surface area (Å²) >= 11 is 5.89. The molecule has 2 N–H and O–H groups in total. The van der Waals surface area contributed by atoms with Crippen molar-refractivity contribution in [1.29, 1.82) is 0 Å². The molecule has 7 heteroatoms. The van der Waals surface area contributed by atoms with Gasteiger partial charge in [-0.1, -0.05) is 11.6 Å². The molecule has 1 aromatic heterocycles. The third kappa shape index (κ3) is 5.34. The number of carbonyl (C=O) groups excluding carboxylic acids is 2. The molecule has 0 spiro atoms. The SMILES string of the molecule is CN(CC(=O)NC(=O)NC1CC1)Cc1ccc(-c2ccc(Cl)cc2)o1. The van der Waals surface area contributed by atoms with Gasteiger partial charge in [0.25, 0.3) is 0 Å². The number of imide groups is 1. The van der Waals surface area contributed by atoms with E-state index in [2.05, 4.69) is 10.6 Å². The van der Waals surface area contributed by atoms with E-state index in [-0.39, 0.29) is 18.5 Å². The van der Waals surface area contributed by atoms with Crippen LogP contribution in [0.5, 0.6) is 0 Å². The summed E-state index contributed by atoms with van der Waals surface area (Å²) in [4.78, 5) is 25.2. The Morgan fingerprint density at radius 1 is 1.20 bits per heavy atom. The number of hydrogen-bond acceptors (Lipinski definition) is 4. The molecule has 132 valence electrons. The minimum atomic E-state index is -0.427. The number of nitrogens with zero attached hydrogens (tertiary/aromatic N) is 1. The molecule has 1 aromatic carbocycles. The van der Waals surface area contributed by atoms with Gasteiger partial charge in [-0.25, -0.2) is 4.79 Å². The normalized spacial score (nSPS) is 13.7. The number of hydrogen-bond donors (Lipinski definition) is 2. The lowest BCUT2D eigenvalue weighted by atomic mass is 10.2. The van der Waals surface area contributed by atoms with Gasteiger partial charge in [0.05, 0.1) is 13.1 Å². The summed E-state index contributed by atoms with van der Waals surface area (Å²) in [5.41, 5.74) is 0.938. The quantitative estimate of drug-likeness (QED) is 0.829. The van der Waals surface area contributed by atoms with E-state index in [0.29, 0.717) is 11.6 Å². The molecular weight excluding hydrogens is 342 g/mol. The highest BCUT2D eigenvalue weighted by Crippen LogP contribution is 2.24. The molecule has 3 amide bonds. The van der Waals surface area contributed by atoms with E-state index >= 15 is 0 Å². The van der Waals surface area contributed by atoms with Gasteiger partial charge in [-0.3, -0.25) is 15.0 Å². The molecule has 0 radical (unpaired) electrons. The first-order valence-corrected chi connectivity index (χ1v) is 8.51. The lowest BCUT2D eigenvalue weighted by molar-refractivity contribution is -0.121. The number of halogens is 1. The Bertz CT molecular complexity index is 753. The summed E-state index contributed by atoms with van der Waals surface area (Å²) in [6, 6.07) is 10.9. The average molecular weight is 362 g/mol. The number of benzene rings is 1. The van der Waals surface area contributed by atoms with Crippen LogP contribution in [0, 0.1) is 0 Å². The maximum absolute atomic E-state index is 11.9. The fraction of sp³-hybridized carbons (Fsp3) is 0.333. The Labute approximate surface area is 151 Å². The van der Waals surface area contributed by atoms with Crippen LogP contribution in [0.4, 0.5) is 4.79 Å². The van der Waals surface area contributed by atoms with Crippen molar-refractivity contribution in [2.24, 2.45) is 0 Å². The average Bonchev–Trinajstić information content (AvgIpc) is 3.23. The van der Waals surface area contributed by atoms with Gasteiger partial charge in [0.1, 0.15) is 11.5 Å². The first kappa shape index (κ1) is 17.5. The molecule has 0 aliphatic heterocycles. The van der Waals surface area contributed by atoms with Crippen LogP contribution >= 0.6 is 11.6 Å². The van der Waals surface area contributed by atoms with Crippen molar-refractivity contribution in [2.45, 2.75) is 25.4 Å². The molecule has 0 saturated heterocycles. The van der Waals surface area contributed by atoms with Gasteiger partial charge in [0, 0.05) is 16.6 Å². The van der Waals surface area contributed by atoms with Crippen LogP contribution in [0.1, 0.15) is 18.6 Å². The Hall–Kier alpha value is -2.31. The third-order valence-electron chi connectivity index (χ3n) is 3.80. The Balaban J connectivity index is 1.49. The number of rotatable bonds is 6. The predicted molar refractivity (Wildman–Crippen MR) is 95.2 cm³/mol. The smallest absolute Gasteiger partial charge is 0.321 e. The molecule has 0 atom stereocenters. The fourth-order valence-electron chi connectivity index (χ4n) is 2.41. The Kier molecular flexibility index (Phi) is 5.40. The van der Waals surface area contributed by atoms with E-state index in [9.17, 15) is 9.59 Å². The third-order valence-corrected chi connectivity index (χ3v) is 4.05. The largest absolute Gasteiger partial charge is 0.460 e. The Morgan fingerprint density at radius 3 is 2.60 bits per heavy atom. The van der Waals surface area contributed by atoms with Gasteiger partial charge in [-0.15, -0.1) is 0 Å². The summed E-state index contributed by atoms with van der Waals surface area (Å²) in [6.45, 7) is 0.570. The zero-order valence-electron chi connectivity index (χ0n) is 13.9. The molecule has 3 rings (SSSR count). The van der Waals surface area contributed by atoms with Crippen molar-refractivity contribution in [3.05, 3.63) is 47.2 Å². The molecule has 2 aromatic rings. The maximum atomic E-state index is 11.9. The molecule has 1 heterocycles. The second kappa shape index (κ2) is 7.72. The number of furan rings is 1. The first-order chi connectivity index (χ1) is 12.0. The zero-order valence-corrected chi connectivity index (χ0v) is 14.7. The summed E-state index contributed by atoms with van der Waals surface area (Å²) in [7, 11) is 1.79. The Morgan fingerprint density at radius 2 is 1.92 bits per heavy atom. The zero-order chi connectivity index (χ0) is 17.8. The molecule has 1 fully saturated rings. The molecule has 0 bridgehead atoms. The number of amides is 3. The molecule has 25 heavy (non-hydrogen) atoms. The van der Waals surface area contributed by atoms with Crippen molar-refractivity contribution in [2.75, 3.05) is 13.6 Å². The van der Waals surface area contributed by atoms with E-state index in [1.807, 2.05) is 36.4 Å². The van der Waals surface area contributed by atoms with Crippen LogP contribution in [0.2, 0.25) is 5.02 Å². The number of likely N-dealkylation sites (N-methyl/N-ethyl adjacent to an activating group) is 1. The van der Waals surface area contributed by atoms with Gasteiger partial charge in [-0.2, -0.15) is 0 Å². The van der Waals surface area contributed by atoms with Crippen LogP contribution in [0.3, 0.4) is 0 Å². The predicted octanol–water partition coefficient (Wildman–Crippen LogP) is 3.02. The minimum Gasteiger partial charge on any atom is -0.460 e. The summed E-state index contributed by atoms with van der Waals surface area (Å²) < 4.78 is 5.81. The highest BCUT2D eigenvalue weighted by Gasteiger charge is 2.24. The van der Waals surface area contributed by atoms with Crippen LogP contribution in [0.25, 0.3) is 11.3 Å². The first-order valence-electron chi connectivity index (χ1n) is 8.13. The van der Waals surface area contributed by atoms with Gasteiger partial charge in [0.2, 0.25) is 5.91 Å². The molecule has 1 aliphatic carbocycles. The second-order valence-electron chi connectivity index (χ2n) is 6.24. The van der Waals surface area contributed by atoms with E-state index in [4.69, 9.17) is 16.0 Å². The van der Waals surface area contributed by atoms with Crippen LogP contribution in [-0.2, 0) is 11.3 Å². The van der Waals surface area contributed by atoms with Crippen LogP contribution < -0.4 is 10.6 Å². The molecular formula is C18H20ClN3O3. The van der Waals surface area contributed by atoms with E-state index < -0.39 is 6.03 Å². The maximum Gasteiger partial charge on any atom is 0.321 e. The van der Waals surface area contributed by atoms with Crippen LogP contribution in [-0.4, -0.2) is 36.5 Å². The van der Waals surface area contributed by atoms with Gasteiger partial charge in [-0.05, 0) is 56.3 Å². The van der Waals surface area contributed by atoms with Crippen molar-refractivity contribution < 1.29 is 14.0 Å². The van der Waals surface area contributed by atoms with Gasteiger partial charge in [0.15, 0.2) is 0 Å². The van der Waals surface area contributed by atoms with Gasteiger partial charge < -0.3 is 9.73 Å². The van der Waals surface area contributed by atoms with Crippen molar-refractivity contribution >= 4 is 23.5 Å². The highest BCUT2D eigenvalue weighted by molar-refractivity contribution is 6.30. The van der Waals surface area contributed by atoms with Crippen molar-refractivity contribution in [3.63, 3.8) is 0 Å². The standard InChI is InChI=1S/C18H20ClN3O3/c1-22(11-17(23)21-18(24)20-14-6-7-14)10-15-8-9-16(25-15)12-2-4-13(19)5-3-12/h2-5,8-9,14H,6-7,10-11H2,1H3,(H2,20,21,23,24). The van der Waals surface area contributed by atoms with E-state index in [1.54, 1.807) is 11.9 Å². The fourth-order valence-corrected chi connectivity index (χ4v) is 2.54. The number of urea groups is 1. The van der Waals surface area contributed by atoms with E-state index in [1.165, 1.54) is 0 Å².